The van der Waals surface area contributed by atoms with Gasteiger partial charge >= 0.3 is 0 Å². The minimum absolute atomic E-state index is 0.00455. The molecule has 0 rings (SSSR count). The van der Waals surface area contributed by atoms with Crippen LogP contribution in [-0.4, -0.2) is 41.7 Å². The molecule has 0 aromatic rings. The Morgan fingerprint density at radius 1 is 1.43 bits per heavy atom. The van der Waals surface area contributed by atoms with Crippen molar-refractivity contribution in [3.63, 3.8) is 0 Å². The molecule has 3 N–H and O–H groups in total. The Hall–Kier alpha value is -0.610. The standard InChI is InChI=1S/C10H22N2O2/c1-3-4-5-6-12(7-8-13)10(14)9(2)11/h9,13H,3-8,11H2,1-2H3. The first-order valence-corrected chi connectivity index (χ1v) is 5.28. The highest BCUT2D eigenvalue weighted by Crippen LogP contribution is 2.00. The van der Waals surface area contributed by atoms with E-state index >= 15 is 0 Å². The third kappa shape index (κ3) is 5.19. The first-order chi connectivity index (χ1) is 6.63. The summed E-state index contributed by atoms with van der Waals surface area (Å²) < 4.78 is 0. The highest BCUT2D eigenvalue weighted by atomic mass is 16.3. The number of amides is 1. The van der Waals surface area contributed by atoms with Gasteiger partial charge in [-0.2, -0.15) is 0 Å². The third-order valence-electron chi connectivity index (χ3n) is 2.10. The van der Waals surface area contributed by atoms with Crippen molar-refractivity contribution < 1.29 is 9.90 Å². The van der Waals surface area contributed by atoms with Crippen LogP contribution in [0.5, 0.6) is 0 Å². The normalized spacial score (nSPS) is 12.6. The summed E-state index contributed by atoms with van der Waals surface area (Å²) in [4.78, 5) is 13.2. The SMILES string of the molecule is CCCCCN(CCO)C(=O)C(C)N. The maximum absolute atomic E-state index is 11.5. The van der Waals surface area contributed by atoms with Crippen molar-refractivity contribution in [2.75, 3.05) is 19.7 Å². The van der Waals surface area contributed by atoms with Crippen LogP contribution in [0.4, 0.5) is 0 Å². The lowest BCUT2D eigenvalue weighted by Gasteiger charge is -2.23. The van der Waals surface area contributed by atoms with Crippen molar-refractivity contribution in [2.24, 2.45) is 5.73 Å². The van der Waals surface area contributed by atoms with Gasteiger partial charge in [-0.25, -0.2) is 0 Å². The van der Waals surface area contributed by atoms with Crippen molar-refractivity contribution in [1.82, 2.24) is 4.90 Å². The van der Waals surface area contributed by atoms with Gasteiger partial charge in [-0.3, -0.25) is 4.79 Å². The summed E-state index contributed by atoms with van der Waals surface area (Å²) in [7, 11) is 0. The van der Waals surface area contributed by atoms with E-state index < -0.39 is 6.04 Å². The molecule has 0 radical (unpaired) electrons. The molecule has 0 aliphatic rings. The Morgan fingerprint density at radius 3 is 2.50 bits per heavy atom. The Balaban J connectivity index is 3.94. The lowest BCUT2D eigenvalue weighted by molar-refractivity contribution is -0.132. The van der Waals surface area contributed by atoms with Gasteiger partial charge in [0, 0.05) is 13.1 Å². The van der Waals surface area contributed by atoms with E-state index in [2.05, 4.69) is 6.92 Å². The second kappa shape index (κ2) is 7.76. The van der Waals surface area contributed by atoms with E-state index in [9.17, 15) is 4.79 Å². The molecule has 0 spiro atoms. The summed E-state index contributed by atoms with van der Waals surface area (Å²) in [6, 6.07) is -0.469. The van der Waals surface area contributed by atoms with Gasteiger partial charge in [-0.15, -0.1) is 0 Å². The van der Waals surface area contributed by atoms with Gasteiger partial charge in [0.2, 0.25) is 5.91 Å². The van der Waals surface area contributed by atoms with Crippen LogP contribution >= 0.6 is 0 Å². The van der Waals surface area contributed by atoms with E-state index in [0.717, 1.165) is 19.3 Å². The summed E-state index contributed by atoms with van der Waals surface area (Å²) in [6.45, 7) is 4.89. The molecule has 14 heavy (non-hydrogen) atoms. The van der Waals surface area contributed by atoms with Gasteiger partial charge in [-0.05, 0) is 13.3 Å². The zero-order valence-electron chi connectivity index (χ0n) is 9.20. The van der Waals surface area contributed by atoms with E-state index in [1.54, 1.807) is 11.8 Å². The molecule has 84 valence electrons. The van der Waals surface area contributed by atoms with Crippen molar-refractivity contribution in [3.05, 3.63) is 0 Å². The highest BCUT2D eigenvalue weighted by Gasteiger charge is 2.15. The second-order valence-corrected chi connectivity index (χ2v) is 3.54. The van der Waals surface area contributed by atoms with Crippen LogP contribution in [0.2, 0.25) is 0 Å². The average molecular weight is 202 g/mol. The van der Waals surface area contributed by atoms with Gasteiger partial charge in [0.05, 0.1) is 12.6 Å². The average Bonchev–Trinajstić information content (AvgIpc) is 2.15. The van der Waals surface area contributed by atoms with Gasteiger partial charge in [0.25, 0.3) is 0 Å². The smallest absolute Gasteiger partial charge is 0.239 e. The lowest BCUT2D eigenvalue weighted by atomic mass is 10.2. The highest BCUT2D eigenvalue weighted by molar-refractivity contribution is 5.81. The number of carbonyl (C=O) groups excluding carboxylic acids is 1. The van der Waals surface area contributed by atoms with Gasteiger partial charge in [-0.1, -0.05) is 19.8 Å². The van der Waals surface area contributed by atoms with Crippen LogP contribution in [0.1, 0.15) is 33.1 Å². The van der Waals surface area contributed by atoms with Crippen LogP contribution < -0.4 is 5.73 Å². The minimum Gasteiger partial charge on any atom is -0.395 e. The summed E-state index contributed by atoms with van der Waals surface area (Å²) >= 11 is 0. The maximum Gasteiger partial charge on any atom is 0.239 e. The van der Waals surface area contributed by atoms with Crippen LogP contribution in [0.3, 0.4) is 0 Å². The number of nitrogens with zero attached hydrogens (tertiary/aromatic N) is 1. The number of unbranched alkanes of at least 4 members (excludes halogenated alkanes) is 2. The van der Waals surface area contributed by atoms with Gasteiger partial charge < -0.3 is 15.7 Å². The molecule has 0 aliphatic carbocycles. The molecular weight excluding hydrogens is 180 g/mol. The molecule has 0 saturated heterocycles. The third-order valence-corrected chi connectivity index (χ3v) is 2.10. The van der Waals surface area contributed by atoms with Crippen LogP contribution in [0.15, 0.2) is 0 Å². The molecule has 0 aromatic heterocycles. The molecule has 4 nitrogen and oxygen atoms in total. The number of aliphatic hydroxyl groups excluding tert-OH is 1. The Labute approximate surface area is 86.1 Å². The maximum atomic E-state index is 11.5. The molecule has 0 saturated carbocycles. The molecule has 0 fully saturated rings. The molecule has 0 aliphatic heterocycles. The Bertz CT molecular complexity index is 160. The van der Waals surface area contributed by atoms with Crippen LogP contribution in [-0.2, 0) is 4.79 Å². The topological polar surface area (TPSA) is 66.6 Å². The summed E-state index contributed by atoms with van der Waals surface area (Å²) in [6.07, 6.45) is 3.21. The van der Waals surface area contributed by atoms with E-state index in [-0.39, 0.29) is 12.5 Å². The second-order valence-electron chi connectivity index (χ2n) is 3.54. The predicted molar refractivity (Wildman–Crippen MR) is 56.8 cm³/mol. The molecule has 1 unspecified atom stereocenters. The molecule has 0 heterocycles. The first kappa shape index (κ1) is 13.4. The number of hydrogen-bond acceptors (Lipinski definition) is 3. The number of aliphatic hydroxyl groups is 1. The van der Waals surface area contributed by atoms with Crippen LogP contribution in [0, 0.1) is 0 Å². The Kier molecular flexibility index (Phi) is 7.42. The van der Waals surface area contributed by atoms with E-state index in [1.807, 2.05) is 0 Å². The largest absolute Gasteiger partial charge is 0.395 e. The zero-order chi connectivity index (χ0) is 11.0. The van der Waals surface area contributed by atoms with E-state index in [4.69, 9.17) is 10.8 Å². The zero-order valence-corrected chi connectivity index (χ0v) is 9.20. The summed E-state index contributed by atoms with van der Waals surface area (Å²) in [5.41, 5.74) is 5.50. The number of hydrogen-bond donors (Lipinski definition) is 2. The van der Waals surface area contributed by atoms with Crippen LogP contribution in [0.25, 0.3) is 0 Å². The summed E-state index contributed by atoms with van der Waals surface area (Å²) in [5, 5.41) is 8.79. The molecule has 0 aromatic carbocycles. The minimum atomic E-state index is -0.469. The van der Waals surface area contributed by atoms with Crippen molar-refractivity contribution in [3.8, 4) is 0 Å². The molecule has 1 atom stereocenters. The first-order valence-electron chi connectivity index (χ1n) is 5.28. The number of rotatable bonds is 7. The number of carbonyl (C=O) groups is 1. The summed E-state index contributed by atoms with van der Waals surface area (Å²) in [5.74, 6) is -0.0739. The van der Waals surface area contributed by atoms with Gasteiger partial charge in [0.15, 0.2) is 0 Å². The monoisotopic (exact) mass is 202 g/mol. The quantitative estimate of drug-likeness (QED) is 0.585. The fourth-order valence-corrected chi connectivity index (χ4v) is 1.29. The molecule has 4 heteroatoms. The molecule has 0 bridgehead atoms. The fraction of sp³-hybridized carbons (Fsp3) is 0.900. The lowest BCUT2D eigenvalue weighted by Crippen LogP contribution is -2.43. The van der Waals surface area contributed by atoms with E-state index in [1.165, 1.54) is 0 Å². The van der Waals surface area contributed by atoms with Crippen molar-refractivity contribution >= 4 is 5.91 Å². The molecule has 1 amide bonds. The van der Waals surface area contributed by atoms with E-state index in [0.29, 0.717) is 13.1 Å². The fourth-order valence-electron chi connectivity index (χ4n) is 1.29. The molecular formula is C10H22N2O2. The number of nitrogens with two attached hydrogens (primary N) is 1. The van der Waals surface area contributed by atoms with Gasteiger partial charge in [0.1, 0.15) is 0 Å². The van der Waals surface area contributed by atoms with Crippen molar-refractivity contribution in [2.45, 2.75) is 39.2 Å². The van der Waals surface area contributed by atoms with Crippen molar-refractivity contribution in [1.29, 1.82) is 0 Å². The Morgan fingerprint density at radius 2 is 2.07 bits per heavy atom. The predicted octanol–water partition coefficient (Wildman–Crippen LogP) is 0.345.